The first-order chi connectivity index (χ1) is 7.12. The highest BCUT2D eigenvalue weighted by Crippen LogP contribution is 2.40. The summed E-state index contributed by atoms with van der Waals surface area (Å²) in [5, 5.41) is 0. The van der Waals surface area contributed by atoms with Gasteiger partial charge < -0.3 is 0 Å². The summed E-state index contributed by atoms with van der Waals surface area (Å²) in [7, 11) is 0. The van der Waals surface area contributed by atoms with E-state index in [0.29, 0.717) is 5.56 Å². The van der Waals surface area contributed by atoms with Crippen LogP contribution in [0, 0.1) is 11.2 Å². The second kappa shape index (κ2) is 3.72. The molecule has 0 unspecified atom stereocenters. The van der Waals surface area contributed by atoms with Gasteiger partial charge in [0, 0.05) is 17.2 Å². The zero-order valence-electron chi connectivity index (χ0n) is 8.79. The van der Waals surface area contributed by atoms with Gasteiger partial charge in [0.05, 0.1) is 6.20 Å². The fourth-order valence-electron chi connectivity index (χ4n) is 2.27. The van der Waals surface area contributed by atoms with Gasteiger partial charge in [0.1, 0.15) is 5.82 Å². The third-order valence-corrected chi connectivity index (χ3v) is 3.22. The highest BCUT2D eigenvalue weighted by molar-refractivity contribution is 6.00. The van der Waals surface area contributed by atoms with Crippen LogP contribution in [0.4, 0.5) is 4.39 Å². The van der Waals surface area contributed by atoms with Crippen LogP contribution in [0.15, 0.2) is 18.5 Å². The lowest BCUT2D eigenvalue weighted by Crippen LogP contribution is -2.24. The van der Waals surface area contributed by atoms with Crippen LogP contribution in [-0.2, 0) is 0 Å². The Balaban J connectivity index is 2.27. The minimum atomic E-state index is -0.442. The van der Waals surface area contributed by atoms with Crippen LogP contribution in [0.25, 0.3) is 0 Å². The first-order valence-corrected chi connectivity index (χ1v) is 5.27. The molecule has 1 heterocycles. The van der Waals surface area contributed by atoms with E-state index in [9.17, 15) is 9.18 Å². The molecule has 1 saturated carbocycles. The van der Waals surface area contributed by atoms with E-state index in [2.05, 4.69) is 4.98 Å². The number of ketones is 1. The maximum Gasteiger partial charge on any atom is 0.170 e. The van der Waals surface area contributed by atoms with Crippen LogP contribution in [0.3, 0.4) is 0 Å². The summed E-state index contributed by atoms with van der Waals surface area (Å²) < 4.78 is 12.9. The van der Waals surface area contributed by atoms with Crippen LogP contribution in [-0.4, -0.2) is 10.8 Å². The number of carbonyl (C=O) groups is 1. The van der Waals surface area contributed by atoms with Crippen LogP contribution < -0.4 is 0 Å². The summed E-state index contributed by atoms with van der Waals surface area (Å²) in [4.78, 5) is 15.8. The van der Waals surface area contributed by atoms with Gasteiger partial charge in [-0.15, -0.1) is 0 Å². The van der Waals surface area contributed by atoms with Crippen LogP contribution in [0.5, 0.6) is 0 Å². The van der Waals surface area contributed by atoms with Crippen molar-refractivity contribution in [2.75, 3.05) is 0 Å². The molecule has 2 rings (SSSR count). The summed E-state index contributed by atoms with van der Waals surface area (Å²) in [5.74, 6) is -0.408. The van der Waals surface area contributed by atoms with Gasteiger partial charge >= 0.3 is 0 Å². The first kappa shape index (κ1) is 10.3. The zero-order chi connectivity index (χ0) is 10.9. The maximum absolute atomic E-state index is 12.9. The predicted octanol–water partition coefficient (Wildman–Crippen LogP) is 2.98. The molecule has 1 aliphatic carbocycles. The van der Waals surface area contributed by atoms with Crippen molar-refractivity contribution in [3.05, 3.63) is 29.8 Å². The topological polar surface area (TPSA) is 30.0 Å². The smallest absolute Gasteiger partial charge is 0.170 e. The highest BCUT2D eigenvalue weighted by Gasteiger charge is 2.36. The third-order valence-electron chi connectivity index (χ3n) is 3.22. The van der Waals surface area contributed by atoms with Crippen molar-refractivity contribution < 1.29 is 9.18 Å². The molecule has 15 heavy (non-hydrogen) atoms. The molecule has 1 fully saturated rings. The van der Waals surface area contributed by atoms with Gasteiger partial charge in [-0.05, 0) is 18.9 Å². The van der Waals surface area contributed by atoms with Gasteiger partial charge in [-0.25, -0.2) is 4.39 Å². The first-order valence-electron chi connectivity index (χ1n) is 5.27. The Morgan fingerprint density at radius 2 is 2.07 bits per heavy atom. The molecule has 1 aliphatic rings. The number of aromatic nitrogens is 1. The van der Waals surface area contributed by atoms with Gasteiger partial charge in [-0.2, -0.15) is 0 Å². The molecule has 0 spiro atoms. The lowest BCUT2D eigenvalue weighted by Gasteiger charge is -2.21. The van der Waals surface area contributed by atoms with Crippen LogP contribution >= 0.6 is 0 Å². The van der Waals surface area contributed by atoms with E-state index < -0.39 is 5.82 Å². The minimum Gasteiger partial charge on any atom is -0.294 e. The average Bonchev–Trinajstić information content (AvgIpc) is 2.65. The molecule has 0 aromatic carbocycles. The van der Waals surface area contributed by atoms with E-state index in [1.54, 1.807) is 0 Å². The molecule has 0 bridgehead atoms. The standard InChI is InChI=1S/C12H14FNO/c1-12(4-2-3-5-12)11(15)9-6-10(13)8-14-7-9/h6-8H,2-5H2,1H3. The Labute approximate surface area is 88.5 Å². The van der Waals surface area contributed by atoms with Crippen LogP contribution in [0.1, 0.15) is 43.0 Å². The number of halogens is 1. The quantitative estimate of drug-likeness (QED) is 0.698. The van der Waals surface area contributed by atoms with Crippen molar-refractivity contribution in [2.45, 2.75) is 32.6 Å². The summed E-state index contributed by atoms with van der Waals surface area (Å²) in [5.41, 5.74) is 0.106. The normalized spacial score (nSPS) is 19.1. The summed E-state index contributed by atoms with van der Waals surface area (Å²) in [6.07, 6.45) is 6.56. The number of hydrogen-bond donors (Lipinski definition) is 0. The molecule has 0 N–H and O–H groups in total. The molecule has 80 valence electrons. The van der Waals surface area contributed by atoms with Crippen molar-refractivity contribution in [2.24, 2.45) is 5.41 Å². The lowest BCUT2D eigenvalue weighted by atomic mass is 9.81. The maximum atomic E-state index is 12.9. The van der Waals surface area contributed by atoms with Crippen molar-refractivity contribution in [3.8, 4) is 0 Å². The fourth-order valence-corrected chi connectivity index (χ4v) is 2.27. The molecule has 1 aromatic heterocycles. The number of pyridine rings is 1. The molecule has 1 aromatic rings. The van der Waals surface area contributed by atoms with Crippen molar-refractivity contribution in [1.82, 2.24) is 4.98 Å². The van der Waals surface area contributed by atoms with Crippen molar-refractivity contribution in [1.29, 1.82) is 0 Å². The molecular formula is C12H14FNO. The molecule has 0 saturated heterocycles. The largest absolute Gasteiger partial charge is 0.294 e. The molecule has 0 aliphatic heterocycles. The van der Waals surface area contributed by atoms with E-state index in [1.165, 1.54) is 12.3 Å². The molecule has 0 amide bonds. The van der Waals surface area contributed by atoms with Crippen molar-refractivity contribution >= 4 is 5.78 Å². The van der Waals surface area contributed by atoms with E-state index >= 15 is 0 Å². The van der Waals surface area contributed by atoms with E-state index in [1.807, 2.05) is 6.92 Å². The zero-order valence-corrected chi connectivity index (χ0v) is 8.79. The lowest BCUT2D eigenvalue weighted by molar-refractivity contribution is 0.0822. The number of carbonyl (C=O) groups excluding carboxylic acids is 1. The fraction of sp³-hybridized carbons (Fsp3) is 0.500. The molecule has 3 heteroatoms. The highest BCUT2D eigenvalue weighted by atomic mass is 19.1. The van der Waals surface area contributed by atoms with Gasteiger partial charge in [0.25, 0.3) is 0 Å². The van der Waals surface area contributed by atoms with Gasteiger partial charge in [0.15, 0.2) is 5.78 Å². The van der Waals surface area contributed by atoms with Gasteiger partial charge in [-0.3, -0.25) is 9.78 Å². The number of Topliss-reactive ketones (excluding diaryl/α,β-unsaturated/α-hetero) is 1. The minimum absolute atomic E-state index is 0.0343. The average molecular weight is 207 g/mol. The Morgan fingerprint density at radius 1 is 1.40 bits per heavy atom. The predicted molar refractivity (Wildman–Crippen MR) is 55.1 cm³/mol. The number of nitrogens with zero attached hydrogens (tertiary/aromatic N) is 1. The summed E-state index contributed by atoms with van der Waals surface area (Å²) in [6, 6.07) is 1.28. The third kappa shape index (κ3) is 1.91. The Bertz CT molecular complexity index is 383. The van der Waals surface area contributed by atoms with Gasteiger partial charge in [-0.1, -0.05) is 19.8 Å². The summed E-state index contributed by atoms with van der Waals surface area (Å²) >= 11 is 0. The molecular weight excluding hydrogens is 193 g/mol. The van der Waals surface area contributed by atoms with Crippen LogP contribution in [0.2, 0.25) is 0 Å². The SMILES string of the molecule is CC1(C(=O)c2cncc(F)c2)CCCC1. The van der Waals surface area contributed by atoms with Gasteiger partial charge in [0.2, 0.25) is 0 Å². The monoisotopic (exact) mass is 207 g/mol. The summed E-state index contributed by atoms with van der Waals surface area (Å²) in [6.45, 7) is 1.97. The van der Waals surface area contributed by atoms with E-state index in [4.69, 9.17) is 0 Å². The molecule has 2 nitrogen and oxygen atoms in total. The van der Waals surface area contributed by atoms with E-state index in [0.717, 1.165) is 31.9 Å². The molecule has 0 radical (unpaired) electrons. The Morgan fingerprint density at radius 3 is 2.67 bits per heavy atom. The van der Waals surface area contributed by atoms with E-state index in [-0.39, 0.29) is 11.2 Å². The van der Waals surface area contributed by atoms with Crippen molar-refractivity contribution in [3.63, 3.8) is 0 Å². The number of rotatable bonds is 2. The second-order valence-electron chi connectivity index (χ2n) is 4.49. The Hall–Kier alpha value is -1.25. The number of hydrogen-bond acceptors (Lipinski definition) is 2. The molecule has 0 atom stereocenters. The second-order valence-corrected chi connectivity index (χ2v) is 4.49. The Kier molecular flexibility index (Phi) is 2.55.